The number of rotatable bonds is 0. The van der Waals surface area contributed by atoms with Crippen LogP contribution in [0.25, 0.3) is 0 Å². The largest absolute Gasteiger partial charge is 0.214 e. The molecule has 1 heterocycles. The highest BCUT2D eigenvalue weighted by Gasteiger charge is 1.94. The summed E-state index contributed by atoms with van der Waals surface area (Å²) < 4.78 is 7.93. The Balaban J connectivity index is 2.49. The molecule has 0 radical (unpaired) electrons. The monoisotopic (exact) mass is 211 g/mol. The first kappa shape index (κ1) is 5.30. The summed E-state index contributed by atoms with van der Waals surface area (Å²) in [7, 11) is 0. The lowest BCUT2D eigenvalue weighted by molar-refractivity contribution is 0.727. The van der Waals surface area contributed by atoms with Gasteiger partial charge in [0.1, 0.15) is 0 Å². The maximum absolute atomic E-state index is 4.01. The van der Waals surface area contributed by atoms with Gasteiger partial charge < -0.3 is 0 Å². The van der Waals surface area contributed by atoms with Gasteiger partial charge in [-0.1, -0.05) is 0 Å². The molecule has 0 aliphatic carbocycles. The van der Waals surface area contributed by atoms with E-state index in [-0.39, 0.29) is 21.3 Å². The van der Waals surface area contributed by atoms with Crippen LogP contribution in [0.1, 0.15) is 6.92 Å². The molecule has 0 saturated heterocycles. The molecule has 0 aromatic heterocycles. The number of hydrogen-bond donors (Lipinski definition) is 1. The van der Waals surface area contributed by atoms with Gasteiger partial charge in [0, 0.05) is 6.21 Å². The highest BCUT2D eigenvalue weighted by molar-refractivity contribution is 14.1. The lowest BCUT2D eigenvalue weighted by Gasteiger charge is -2.02. The van der Waals surface area contributed by atoms with Crippen molar-refractivity contribution in [2.45, 2.75) is 13.0 Å². The molecule has 0 saturated carbocycles. The van der Waals surface area contributed by atoms with Gasteiger partial charge in [-0.15, -0.1) is 0 Å². The predicted octanol–water partition coefficient (Wildman–Crippen LogP) is 1.03. The third-order valence-electron chi connectivity index (χ3n) is 0.614. The Labute approximate surface area is 52.7 Å². The molecule has 0 aromatic rings. The average Bonchev–Trinajstić information content (AvgIpc) is 1.69. The predicted molar refractivity (Wildman–Crippen MR) is 37.5 cm³/mol. The van der Waals surface area contributed by atoms with Crippen LogP contribution in [-0.4, -0.2) is 12.3 Å². The SMILES string of the molecule is CC1C=NI=NN1. The molecule has 1 unspecified atom stereocenters. The molecular formula is C3H6IN3. The van der Waals surface area contributed by atoms with E-state index in [1.165, 1.54) is 0 Å². The molecule has 1 aliphatic heterocycles. The lowest BCUT2D eigenvalue weighted by Crippen LogP contribution is -2.21. The van der Waals surface area contributed by atoms with Gasteiger partial charge in [0.05, 0.1) is 6.04 Å². The minimum Gasteiger partial charge on any atom is -0.214 e. The second-order valence-electron chi connectivity index (χ2n) is 1.32. The van der Waals surface area contributed by atoms with Gasteiger partial charge in [-0.25, -0.2) is 3.21 Å². The summed E-state index contributed by atoms with van der Waals surface area (Å²) in [6, 6.07) is 0.355. The zero-order valence-corrected chi connectivity index (χ0v) is 6.08. The minimum atomic E-state index is -0.229. The van der Waals surface area contributed by atoms with E-state index >= 15 is 0 Å². The first-order valence-corrected chi connectivity index (χ1v) is 3.95. The van der Waals surface area contributed by atoms with E-state index in [0.29, 0.717) is 6.04 Å². The molecule has 0 bridgehead atoms. The number of halogens is 1. The van der Waals surface area contributed by atoms with E-state index in [0.717, 1.165) is 0 Å². The standard InChI is InChI=1S/C3H6IN3/c1-3-2-5-4-7-6-3/h2-3,6H,1H3. The van der Waals surface area contributed by atoms with Crippen molar-refractivity contribution >= 4 is 27.5 Å². The molecule has 3 nitrogen and oxygen atoms in total. The zero-order valence-electron chi connectivity index (χ0n) is 3.93. The molecule has 7 heavy (non-hydrogen) atoms. The van der Waals surface area contributed by atoms with Crippen LogP contribution >= 0.6 is 21.3 Å². The van der Waals surface area contributed by atoms with Crippen LogP contribution < -0.4 is 5.43 Å². The van der Waals surface area contributed by atoms with Crippen molar-refractivity contribution in [1.29, 1.82) is 0 Å². The molecule has 40 valence electrons. The van der Waals surface area contributed by atoms with E-state index in [1.54, 1.807) is 0 Å². The maximum Gasteiger partial charge on any atom is 0.157 e. The Morgan fingerprint density at radius 1 is 1.86 bits per heavy atom. The highest BCUT2D eigenvalue weighted by Crippen LogP contribution is 2.02. The number of nitrogens with one attached hydrogen (secondary N) is 1. The second kappa shape index (κ2) is 2.46. The zero-order chi connectivity index (χ0) is 5.11. The lowest BCUT2D eigenvalue weighted by atomic mass is 10.4. The van der Waals surface area contributed by atoms with Crippen LogP contribution in [0.15, 0.2) is 6.46 Å². The molecule has 4 heteroatoms. The Hall–Kier alpha value is 0.160. The fraction of sp³-hybridized carbons (Fsp3) is 0.667. The Morgan fingerprint density at radius 2 is 2.71 bits per heavy atom. The van der Waals surface area contributed by atoms with Crippen molar-refractivity contribution in [2.24, 2.45) is 6.46 Å². The first-order valence-electron chi connectivity index (χ1n) is 2.02. The van der Waals surface area contributed by atoms with Crippen molar-refractivity contribution in [2.75, 3.05) is 0 Å². The summed E-state index contributed by atoms with van der Waals surface area (Å²) >= 11 is -0.229. The van der Waals surface area contributed by atoms with Crippen molar-refractivity contribution in [3.05, 3.63) is 0 Å². The summed E-state index contributed by atoms with van der Waals surface area (Å²) in [5.74, 6) is 0. The van der Waals surface area contributed by atoms with Gasteiger partial charge in [-0.3, -0.25) is 0 Å². The smallest absolute Gasteiger partial charge is 0.157 e. The van der Waals surface area contributed by atoms with Gasteiger partial charge in [0.2, 0.25) is 0 Å². The Morgan fingerprint density at radius 3 is 3.00 bits per heavy atom. The minimum absolute atomic E-state index is 0.229. The molecule has 1 N–H and O–H groups in total. The van der Waals surface area contributed by atoms with E-state index in [4.69, 9.17) is 0 Å². The fourth-order valence-corrected chi connectivity index (χ4v) is 1.58. The van der Waals surface area contributed by atoms with Gasteiger partial charge in [-0.05, 0) is 6.92 Å². The summed E-state index contributed by atoms with van der Waals surface area (Å²) in [5, 5.41) is 0. The van der Waals surface area contributed by atoms with Gasteiger partial charge in [0.25, 0.3) is 0 Å². The van der Waals surface area contributed by atoms with Crippen LogP contribution in [0.4, 0.5) is 0 Å². The molecule has 0 fully saturated rings. The first-order chi connectivity index (χ1) is 3.39. The molecule has 0 spiro atoms. The summed E-state index contributed by atoms with van der Waals surface area (Å²) in [6.07, 6.45) is 1.90. The average molecular weight is 211 g/mol. The summed E-state index contributed by atoms with van der Waals surface area (Å²) in [6.45, 7) is 2.02. The van der Waals surface area contributed by atoms with E-state index in [2.05, 4.69) is 11.9 Å². The van der Waals surface area contributed by atoms with Crippen LogP contribution in [0.3, 0.4) is 0 Å². The summed E-state index contributed by atoms with van der Waals surface area (Å²) in [5.41, 5.74) is 2.91. The molecule has 1 atom stereocenters. The number of hydrogen-bond acceptors (Lipinski definition) is 3. The fourth-order valence-electron chi connectivity index (χ4n) is 0.264. The quantitative estimate of drug-likeness (QED) is 0.597. The molecule has 1 aliphatic rings. The molecule has 0 aromatic carbocycles. The Bertz CT molecular complexity index is 109. The van der Waals surface area contributed by atoms with E-state index in [9.17, 15) is 0 Å². The molecule has 0 amide bonds. The number of nitrogens with zero attached hydrogens (tertiary/aromatic N) is 2. The Kier molecular flexibility index (Phi) is 1.86. The van der Waals surface area contributed by atoms with E-state index in [1.807, 2.05) is 13.1 Å². The van der Waals surface area contributed by atoms with Crippen molar-refractivity contribution in [3.8, 4) is 0 Å². The van der Waals surface area contributed by atoms with Gasteiger partial charge >= 0.3 is 0 Å². The van der Waals surface area contributed by atoms with Crippen molar-refractivity contribution in [1.82, 2.24) is 5.43 Å². The second-order valence-corrected chi connectivity index (χ2v) is 2.80. The van der Waals surface area contributed by atoms with Crippen LogP contribution in [0, 0.1) is 0 Å². The van der Waals surface area contributed by atoms with Crippen LogP contribution in [-0.2, 0) is 0 Å². The molecular weight excluding hydrogens is 205 g/mol. The third-order valence-corrected chi connectivity index (χ3v) is 1.68. The normalized spacial score (nSPS) is 29.6. The maximum atomic E-state index is 4.01. The van der Waals surface area contributed by atoms with Gasteiger partial charge in [-0.2, -0.15) is 8.68 Å². The van der Waals surface area contributed by atoms with Crippen molar-refractivity contribution < 1.29 is 0 Å². The highest BCUT2D eigenvalue weighted by atomic mass is 127. The van der Waals surface area contributed by atoms with Crippen molar-refractivity contribution in [3.63, 3.8) is 0 Å². The third kappa shape index (κ3) is 1.60. The van der Waals surface area contributed by atoms with E-state index < -0.39 is 0 Å². The topological polar surface area (TPSA) is 36.8 Å². The van der Waals surface area contributed by atoms with Crippen LogP contribution in [0.2, 0.25) is 0 Å². The molecule has 1 rings (SSSR count). The summed E-state index contributed by atoms with van der Waals surface area (Å²) in [4.78, 5) is 0. The van der Waals surface area contributed by atoms with Crippen LogP contribution in [0.5, 0.6) is 0 Å². The van der Waals surface area contributed by atoms with Gasteiger partial charge in [0.15, 0.2) is 21.3 Å².